The van der Waals surface area contributed by atoms with Crippen molar-refractivity contribution in [2.24, 2.45) is 11.8 Å². The summed E-state index contributed by atoms with van der Waals surface area (Å²) in [6.07, 6.45) is 9.98. The molecule has 2 aliphatic carbocycles. The Morgan fingerprint density at radius 1 is 1.09 bits per heavy atom. The zero-order valence-corrected chi connectivity index (χ0v) is 14.1. The highest BCUT2D eigenvalue weighted by molar-refractivity contribution is 5.52. The van der Waals surface area contributed by atoms with E-state index in [2.05, 4.69) is 64.1 Å². The van der Waals surface area contributed by atoms with Crippen LogP contribution >= 0.6 is 0 Å². The van der Waals surface area contributed by atoms with Gasteiger partial charge in [-0.05, 0) is 48.0 Å². The average Bonchev–Trinajstić information content (AvgIpc) is 3.28. The van der Waals surface area contributed by atoms with Crippen molar-refractivity contribution in [2.75, 3.05) is 0 Å². The van der Waals surface area contributed by atoms with E-state index in [0.717, 1.165) is 5.75 Å². The number of hydrogen-bond donors (Lipinski definition) is 0. The largest absolute Gasteiger partial charge is 0.485 e. The molecule has 0 bridgehead atoms. The Labute approximate surface area is 134 Å². The standard InChI is InChI=1S/C21H26O/c1-13(2)15-6-8-19-18(11-15)21(9-10-21)17-7-5-16(14(3)4)12-20(17)22-19/h5-8,11-14,17,20H,9-10H2,1-4H3. The van der Waals surface area contributed by atoms with Gasteiger partial charge < -0.3 is 4.74 Å². The fourth-order valence-electron chi connectivity index (χ4n) is 4.13. The van der Waals surface area contributed by atoms with Crippen molar-refractivity contribution in [2.45, 2.75) is 58.0 Å². The van der Waals surface area contributed by atoms with E-state index in [4.69, 9.17) is 4.74 Å². The van der Waals surface area contributed by atoms with Crippen LogP contribution in [0.1, 0.15) is 57.6 Å². The monoisotopic (exact) mass is 294 g/mol. The normalized spacial score (nSPS) is 27.5. The minimum Gasteiger partial charge on any atom is -0.485 e. The summed E-state index contributed by atoms with van der Waals surface area (Å²) in [5.41, 5.74) is 4.66. The van der Waals surface area contributed by atoms with Gasteiger partial charge in [0.2, 0.25) is 0 Å². The van der Waals surface area contributed by atoms with Crippen LogP contribution in [0.15, 0.2) is 42.0 Å². The summed E-state index contributed by atoms with van der Waals surface area (Å²) in [6, 6.07) is 6.87. The van der Waals surface area contributed by atoms with Crippen LogP contribution in [0.3, 0.4) is 0 Å². The molecule has 1 aliphatic heterocycles. The van der Waals surface area contributed by atoms with Crippen molar-refractivity contribution in [1.29, 1.82) is 0 Å². The fraction of sp³-hybridized carbons (Fsp3) is 0.524. The lowest BCUT2D eigenvalue weighted by atomic mass is 9.73. The van der Waals surface area contributed by atoms with Crippen molar-refractivity contribution in [1.82, 2.24) is 0 Å². The van der Waals surface area contributed by atoms with E-state index >= 15 is 0 Å². The molecule has 1 aromatic rings. The van der Waals surface area contributed by atoms with Gasteiger partial charge in [0, 0.05) is 16.9 Å². The van der Waals surface area contributed by atoms with Gasteiger partial charge >= 0.3 is 0 Å². The Morgan fingerprint density at radius 2 is 1.86 bits per heavy atom. The van der Waals surface area contributed by atoms with Crippen LogP contribution in [-0.4, -0.2) is 6.10 Å². The number of benzene rings is 1. The molecule has 0 saturated heterocycles. The molecule has 4 rings (SSSR count). The molecule has 22 heavy (non-hydrogen) atoms. The Balaban J connectivity index is 1.77. The van der Waals surface area contributed by atoms with Gasteiger partial charge in [-0.1, -0.05) is 52.0 Å². The number of hydrogen-bond acceptors (Lipinski definition) is 1. The van der Waals surface area contributed by atoms with Crippen LogP contribution in [0.5, 0.6) is 5.75 Å². The third kappa shape index (κ3) is 1.98. The third-order valence-electron chi connectivity index (χ3n) is 5.77. The number of allylic oxidation sites excluding steroid dienone is 2. The van der Waals surface area contributed by atoms with Crippen molar-refractivity contribution in [3.63, 3.8) is 0 Å². The van der Waals surface area contributed by atoms with Crippen LogP contribution < -0.4 is 4.74 Å². The maximum Gasteiger partial charge on any atom is 0.125 e. The van der Waals surface area contributed by atoms with E-state index in [1.807, 2.05) is 0 Å². The molecular formula is C21H26O. The Kier molecular flexibility index (Phi) is 3.04. The average molecular weight is 294 g/mol. The summed E-state index contributed by atoms with van der Waals surface area (Å²) in [6.45, 7) is 9.06. The van der Waals surface area contributed by atoms with Gasteiger partial charge in [0.15, 0.2) is 0 Å². The molecule has 1 heterocycles. The van der Waals surface area contributed by atoms with Gasteiger partial charge in [-0.2, -0.15) is 0 Å². The van der Waals surface area contributed by atoms with E-state index < -0.39 is 0 Å². The fourth-order valence-corrected chi connectivity index (χ4v) is 4.13. The number of ether oxygens (including phenoxy) is 1. The SMILES string of the molecule is CC(C)C1=CC2Oc3ccc(C(C)C)cc3C3(CC3)C2C=C1. The summed E-state index contributed by atoms with van der Waals surface area (Å²) in [7, 11) is 0. The summed E-state index contributed by atoms with van der Waals surface area (Å²) in [4.78, 5) is 0. The highest BCUT2D eigenvalue weighted by Crippen LogP contribution is 2.61. The van der Waals surface area contributed by atoms with Gasteiger partial charge in [-0.25, -0.2) is 0 Å². The molecule has 1 saturated carbocycles. The lowest BCUT2D eigenvalue weighted by Crippen LogP contribution is -2.40. The zero-order valence-electron chi connectivity index (χ0n) is 14.1. The zero-order chi connectivity index (χ0) is 15.5. The Hall–Kier alpha value is -1.50. The first-order chi connectivity index (χ1) is 10.5. The summed E-state index contributed by atoms with van der Waals surface area (Å²) in [5.74, 6) is 2.79. The van der Waals surface area contributed by atoms with Crippen LogP contribution in [-0.2, 0) is 5.41 Å². The van der Waals surface area contributed by atoms with Gasteiger partial charge in [0.25, 0.3) is 0 Å². The molecule has 1 aromatic carbocycles. The molecule has 1 nitrogen and oxygen atoms in total. The topological polar surface area (TPSA) is 9.23 Å². The lowest BCUT2D eigenvalue weighted by molar-refractivity contribution is 0.146. The third-order valence-corrected chi connectivity index (χ3v) is 5.77. The first-order valence-electron chi connectivity index (χ1n) is 8.72. The second kappa shape index (κ2) is 4.75. The molecule has 2 unspecified atom stereocenters. The van der Waals surface area contributed by atoms with Crippen LogP contribution in [0.2, 0.25) is 0 Å². The summed E-state index contributed by atoms with van der Waals surface area (Å²) >= 11 is 0. The predicted molar refractivity (Wildman–Crippen MR) is 91.4 cm³/mol. The second-order valence-corrected chi connectivity index (χ2v) is 7.86. The molecule has 1 heteroatoms. The van der Waals surface area contributed by atoms with Gasteiger partial charge in [0.05, 0.1) is 0 Å². The quantitative estimate of drug-likeness (QED) is 0.712. The van der Waals surface area contributed by atoms with Gasteiger partial charge in [0.1, 0.15) is 11.9 Å². The van der Waals surface area contributed by atoms with Crippen molar-refractivity contribution in [3.8, 4) is 5.75 Å². The maximum absolute atomic E-state index is 6.40. The highest BCUT2D eigenvalue weighted by atomic mass is 16.5. The predicted octanol–water partition coefficient (Wildman–Crippen LogP) is 5.37. The van der Waals surface area contributed by atoms with Crippen molar-refractivity contribution < 1.29 is 4.74 Å². The summed E-state index contributed by atoms with van der Waals surface area (Å²) in [5, 5.41) is 0. The van der Waals surface area contributed by atoms with Gasteiger partial charge in [-0.3, -0.25) is 0 Å². The van der Waals surface area contributed by atoms with Crippen LogP contribution in [0.25, 0.3) is 0 Å². The molecular weight excluding hydrogens is 268 g/mol. The molecule has 0 aromatic heterocycles. The molecule has 116 valence electrons. The van der Waals surface area contributed by atoms with Crippen molar-refractivity contribution >= 4 is 0 Å². The number of rotatable bonds is 2. The second-order valence-electron chi connectivity index (χ2n) is 7.86. The highest BCUT2D eigenvalue weighted by Gasteiger charge is 2.57. The molecule has 0 radical (unpaired) electrons. The Morgan fingerprint density at radius 3 is 2.50 bits per heavy atom. The number of fused-ring (bicyclic) bond motifs is 4. The molecule has 0 N–H and O–H groups in total. The maximum atomic E-state index is 6.40. The molecule has 0 amide bonds. The van der Waals surface area contributed by atoms with Crippen LogP contribution in [0.4, 0.5) is 0 Å². The molecule has 1 spiro atoms. The van der Waals surface area contributed by atoms with E-state index in [1.165, 1.54) is 29.5 Å². The smallest absolute Gasteiger partial charge is 0.125 e. The van der Waals surface area contributed by atoms with Gasteiger partial charge in [-0.15, -0.1) is 0 Å². The van der Waals surface area contributed by atoms with E-state index in [9.17, 15) is 0 Å². The van der Waals surface area contributed by atoms with E-state index in [-0.39, 0.29) is 6.10 Å². The summed E-state index contributed by atoms with van der Waals surface area (Å²) < 4.78 is 6.40. The minimum absolute atomic E-state index is 0.224. The lowest BCUT2D eigenvalue weighted by Gasteiger charge is -2.40. The van der Waals surface area contributed by atoms with E-state index in [1.54, 1.807) is 0 Å². The minimum atomic E-state index is 0.224. The van der Waals surface area contributed by atoms with Crippen molar-refractivity contribution in [3.05, 3.63) is 53.1 Å². The molecule has 2 atom stereocenters. The first-order valence-corrected chi connectivity index (χ1v) is 8.72. The first kappa shape index (κ1) is 14.1. The molecule has 3 aliphatic rings. The molecule has 1 fully saturated rings. The van der Waals surface area contributed by atoms with Crippen LogP contribution in [0, 0.1) is 11.8 Å². The van der Waals surface area contributed by atoms with E-state index in [0.29, 0.717) is 23.2 Å². The Bertz CT molecular complexity index is 658.